The Kier molecular flexibility index (Phi) is 6.18. The number of nitrogens with one attached hydrogen (secondary N) is 1. The summed E-state index contributed by atoms with van der Waals surface area (Å²) in [5.41, 5.74) is -0.824. The SMILES string of the molecule is CCNC(=O)CCCC(=O)N1CCC(C(=O)O)(C(C)C)C1. The first-order valence-electron chi connectivity index (χ1n) is 7.61. The second kappa shape index (κ2) is 7.43. The summed E-state index contributed by atoms with van der Waals surface area (Å²) in [6.07, 6.45) is 1.64. The number of nitrogens with zero attached hydrogens (tertiary/aromatic N) is 1. The van der Waals surface area contributed by atoms with Crippen LogP contribution in [0, 0.1) is 11.3 Å². The van der Waals surface area contributed by atoms with Gasteiger partial charge >= 0.3 is 5.97 Å². The molecule has 2 N–H and O–H groups in total. The Morgan fingerprint density at radius 2 is 1.95 bits per heavy atom. The second-order valence-electron chi connectivity index (χ2n) is 5.99. The molecule has 0 aliphatic carbocycles. The van der Waals surface area contributed by atoms with E-state index in [4.69, 9.17) is 0 Å². The molecule has 6 heteroatoms. The van der Waals surface area contributed by atoms with Crippen LogP contribution >= 0.6 is 0 Å². The maximum Gasteiger partial charge on any atom is 0.311 e. The standard InChI is InChI=1S/C15H26N2O4/c1-4-16-12(18)6-5-7-13(19)17-9-8-15(10-17,11(2)3)14(20)21/h11H,4-10H2,1-3H3,(H,16,18)(H,20,21). The quantitative estimate of drug-likeness (QED) is 0.740. The summed E-state index contributed by atoms with van der Waals surface area (Å²) in [5, 5.41) is 12.1. The van der Waals surface area contributed by atoms with Crippen LogP contribution in [0.25, 0.3) is 0 Å². The molecule has 6 nitrogen and oxygen atoms in total. The average molecular weight is 298 g/mol. The zero-order valence-electron chi connectivity index (χ0n) is 13.1. The first-order chi connectivity index (χ1) is 9.83. The van der Waals surface area contributed by atoms with Gasteiger partial charge in [0.25, 0.3) is 0 Å². The fourth-order valence-corrected chi connectivity index (χ4v) is 2.78. The predicted molar refractivity (Wildman–Crippen MR) is 78.6 cm³/mol. The van der Waals surface area contributed by atoms with Crippen molar-refractivity contribution >= 4 is 17.8 Å². The minimum atomic E-state index is -0.824. The van der Waals surface area contributed by atoms with E-state index in [1.165, 1.54) is 0 Å². The molecular formula is C15H26N2O4. The van der Waals surface area contributed by atoms with Gasteiger partial charge in [-0.15, -0.1) is 0 Å². The molecule has 0 aromatic heterocycles. The van der Waals surface area contributed by atoms with Gasteiger partial charge in [0.15, 0.2) is 0 Å². The van der Waals surface area contributed by atoms with Crippen molar-refractivity contribution in [1.82, 2.24) is 10.2 Å². The molecule has 2 amide bonds. The summed E-state index contributed by atoms with van der Waals surface area (Å²) < 4.78 is 0. The Morgan fingerprint density at radius 3 is 2.43 bits per heavy atom. The van der Waals surface area contributed by atoms with Gasteiger partial charge in [-0.25, -0.2) is 0 Å². The number of carboxylic acid groups (broad SMARTS) is 1. The van der Waals surface area contributed by atoms with Crippen LogP contribution in [0.1, 0.15) is 46.5 Å². The summed E-state index contributed by atoms with van der Waals surface area (Å²) >= 11 is 0. The lowest BCUT2D eigenvalue weighted by Crippen LogP contribution is -2.40. The molecule has 1 atom stereocenters. The van der Waals surface area contributed by atoms with E-state index in [1.807, 2.05) is 20.8 Å². The van der Waals surface area contributed by atoms with Gasteiger partial charge < -0.3 is 15.3 Å². The van der Waals surface area contributed by atoms with Gasteiger partial charge in [0, 0.05) is 32.5 Å². The Balaban J connectivity index is 2.47. The largest absolute Gasteiger partial charge is 0.481 e. The molecule has 1 rings (SSSR count). The van der Waals surface area contributed by atoms with Crippen molar-refractivity contribution in [3.63, 3.8) is 0 Å². The smallest absolute Gasteiger partial charge is 0.311 e. The molecule has 120 valence electrons. The second-order valence-corrected chi connectivity index (χ2v) is 5.99. The van der Waals surface area contributed by atoms with E-state index in [1.54, 1.807) is 4.90 Å². The van der Waals surface area contributed by atoms with Gasteiger partial charge in [-0.1, -0.05) is 13.8 Å². The van der Waals surface area contributed by atoms with Gasteiger partial charge in [0.1, 0.15) is 0 Å². The first kappa shape index (κ1) is 17.5. The Labute approximate surface area is 125 Å². The Morgan fingerprint density at radius 1 is 1.29 bits per heavy atom. The molecule has 1 heterocycles. The maximum atomic E-state index is 12.1. The number of likely N-dealkylation sites (tertiary alicyclic amines) is 1. The Hall–Kier alpha value is -1.59. The van der Waals surface area contributed by atoms with Gasteiger partial charge in [-0.3, -0.25) is 14.4 Å². The van der Waals surface area contributed by atoms with Crippen molar-refractivity contribution in [2.75, 3.05) is 19.6 Å². The van der Waals surface area contributed by atoms with Crippen LogP contribution in [0.5, 0.6) is 0 Å². The Bertz CT molecular complexity index is 408. The highest BCUT2D eigenvalue weighted by molar-refractivity contribution is 5.81. The molecule has 1 saturated heterocycles. The van der Waals surface area contributed by atoms with Crippen molar-refractivity contribution in [3.05, 3.63) is 0 Å². The summed E-state index contributed by atoms with van der Waals surface area (Å²) in [5.74, 6) is -0.935. The van der Waals surface area contributed by atoms with Gasteiger partial charge in [-0.2, -0.15) is 0 Å². The lowest BCUT2D eigenvalue weighted by atomic mass is 9.76. The molecule has 0 radical (unpaired) electrons. The van der Waals surface area contributed by atoms with E-state index in [2.05, 4.69) is 5.32 Å². The van der Waals surface area contributed by atoms with E-state index >= 15 is 0 Å². The fourth-order valence-electron chi connectivity index (χ4n) is 2.78. The summed E-state index contributed by atoms with van der Waals surface area (Å²) in [4.78, 5) is 36.6. The number of amides is 2. The molecule has 0 saturated carbocycles. The molecule has 0 bridgehead atoms. The lowest BCUT2D eigenvalue weighted by molar-refractivity contribution is -0.151. The van der Waals surface area contributed by atoms with Crippen molar-refractivity contribution in [2.45, 2.75) is 46.5 Å². The third-order valence-electron chi connectivity index (χ3n) is 4.35. The predicted octanol–water partition coefficient (Wildman–Crippen LogP) is 1.25. The highest BCUT2D eigenvalue weighted by Gasteiger charge is 2.48. The first-order valence-corrected chi connectivity index (χ1v) is 7.61. The maximum absolute atomic E-state index is 12.1. The molecule has 1 unspecified atom stereocenters. The van der Waals surface area contributed by atoms with Crippen molar-refractivity contribution in [2.24, 2.45) is 11.3 Å². The van der Waals surface area contributed by atoms with E-state index in [0.717, 1.165) is 0 Å². The number of carbonyl (C=O) groups excluding carboxylic acids is 2. The van der Waals surface area contributed by atoms with Crippen molar-refractivity contribution in [1.29, 1.82) is 0 Å². The monoisotopic (exact) mass is 298 g/mol. The van der Waals surface area contributed by atoms with Gasteiger partial charge in [-0.05, 0) is 25.7 Å². The molecule has 0 spiro atoms. The number of hydrogen-bond acceptors (Lipinski definition) is 3. The topological polar surface area (TPSA) is 86.7 Å². The van der Waals surface area contributed by atoms with Crippen molar-refractivity contribution in [3.8, 4) is 0 Å². The highest BCUT2D eigenvalue weighted by atomic mass is 16.4. The molecule has 1 fully saturated rings. The van der Waals surface area contributed by atoms with E-state index in [-0.39, 0.29) is 24.3 Å². The van der Waals surface area contributed by atoms with Crippen LogP contribution in [0.3, 0.4) is 0 Å². The van der Waals surface area contributed by atoms with Crippen LogP contribution in [-0.4, -0.2) is 47.4 Å². The zero-order chi connectivity index (χ0) is 16.0. The highest BCUT2D eigenvalue weighted by Crippen LogP contribution is 2.38. The summed E-state index contributed by atoms with van der Waals surface area (Å²) in [7, 11) is 0. The lowest BCUT2D eigenvalue weighted by Gasteiger charge is -2.28. The third kappa shape index (κ3) is 4.19. The molecule has 0 aromatic carbocycles. The van der Waals surface area contributed by atoms with E-state index < -0.39 is 11.4 Å². The molecule has 1 aliphatic heterocycles. The molecule has 1 aliphatic rings. The van der Waals surface area contributed by atoms with Crippen LogP contribution in [0.15, 0.2) is 0 Å². The summed E-state index contributed by atoms with van der Waals surface area (Å²) in [6.45, 7) is 6.98. The third-order valence-corrected chi connectivity index (χ3v) is 4.35. The minimum absolute atomic E-state index is 0.0110. The van der Waals surface area contributed by atoms with E-state index in [9.17, 15) is 19.5 Å². The molecular weight excluding hydrogens is 272 g/mol. The number of aliphatic carboxylic acids is 1. The van der Waals surface area contributed by atoms with Gasteiger partial charge in [0.2, 0.25) is 11.8 Å². The molecule has 21 heavy (non-hydrogen) atoms. The van der Waals surface area contributed by atoms with Crippen LogP contribution in [0.4, 0.5) is 0 Å². The zero-order valence-corrected chi connectivity index (χ0v) is 13.1. The fraction of sp³-hybridized carbons (Fsp3) is 0.800. The van der Waals surface area contributed by atoms with Crippen LogP contribution in [-0.2, 0) is 14.4 Å². The number of hydrogen-bond donors (Lipinski definition) is 2. The number of carbonyl (C=O) groups is 3. The van der Waals surface area contributed by atoms with Crippen LogP contribution < -0.4 is 5.32 Å². The minimum Gasteiger partial charge on any atom is -0.481 e. The van der Waals surface area contributed by atoms with Gasteiger partial charge in [0.05, 0.1) is 5.41 Å². The van der Waals surface area contributed by atoms with Crippen LogP contribution in [0.2, 0.25) is 0 Å². The molecule has 0 aromatic rings. The van der Waals surface area contributed by atoms with E-state index in [0.29, 0.717) is 38.8 Å². The number of carboxylic acids is 1. The average Bonchev–Trinajstić information content (AvgIpc) is 2.85. The van der Waals surface area contributed by atoms with Crippen molar-refractivity contribution < 1.29 is 19.5 Å². The summed E-state index contributed by atoms with van der Waals surface area (Å²) in [6, 6.07) is 0. The normalized spacial score (nSPS) is 21.6. The number of rotatable bonds is 7.